The Balaban J connectivity index is 1.80. The molecule has 1 heterocycles. The standard InChI is InChI=1S/C21H19ClF3N3O/c1-2-4-19-18(13-27-28(19)17-9-7-16(22)8-10-17)20(29)26-12-14-5-3-6-15(11-14)21(23,24)25/h3,5-11,13H,2,4,12H2,1H3,(H,26,29). The van der Waals surface area contributed by atoms with Crippen molar-refractivity contribution < 1.29 is 18.0 Å². The number of aromatic nitrogens is 2. The maximum Gasteiger partial charge on any atom is 0.416 e. The smallest absolute Gasteiger partial charge is 0.348 e. The van der Waals surface area contributed by atoms with Gasteiger partial charge in [-0.15, -0.1) is 0 Å². The number of nitrogens with zero attached hydrogens (tertiary/aromatic N) is 2. The number of carbonyl (C=O) groups is 1. The highest BCUT2D eigenvalue weighted by molar-refractivity contribution is 6.30. The van der Waals surface area contributed by atoms with Crippen LogP contribution in [0.15, 0.2) is 54.7 Å². The molecule has 0 saturated carbocycles. The fourth-order valence-corrected chi connectivity index (χ4v) is 3.11. The SMILES string of the molecule is CCCc1c(C(=O)NCc2cccc(C(F)(F)F)c2)cnn1-c1ccc(Cl)cc1. The molecule has 0 aliphatic heterocycles. The zero-order valence-electron chi connectivity index (χ0n) is 15.6. The lowest BCUT2D eigenvalue weighted by molar-refractivity contribution is -0.137. The van der Waals surface area contributed by atoms with Gasteiger partial charge in [-0.05, 0) is 48.4 Å². The second-order valence-corrected chi connectivity index (χ2v) is 6.96. The lowest BCUT2D eigenvalue weighted by Gasteiger charge is -2.11. The first-order chi connectivity index (χ1) is 13.8. The summed E-state index contributed by atoms with van der Waals surface area (Å²) in [6, 6.07) is 12.0. The average molecular weight is 422 g/mol. The Morgan fingerprint density at radius 1 is 1.17 bits per heavy atom. The third kappa shape index (κ3) is 4.98. The Morgan fingerprint density at radius 3 is 2.55 bits per heavy atom. The minimum Gasteiger partial charge on any atom is -0.348 e. The molecule has 152 valence electrons. The van der Waals surface area contributed by atoms with E-state index >= 15 is 0 Å². The summed E-state index contributed by atoms with van der Waals surface area (Å²) in [6.07, 6.45) is -1.53. The summed E-state index contributed by atoms with van der Waals surface area (Å²) in [4.78, 5) is 12.7. The zero-order valence-corrected chi connectivity index (χ0v) is 16.4. The number of benzene rings is 2. The van der Waals surface area contributed by atoms with Crippen molar-refractivity contribution in [2.24, 2.45) is 0 Å². The normalized spacial score (nSPS) is 11.5. The van der Waals surface area contributed by atoms with Crippen molar-refractivity contribution in [3.8, 4) is 5.69 Å². The van der Waals surface area contributed by atoms with Gasteiger partial charge in [0.1, 0.15) is 0 Å². The lowest BCUT2D eigenvalue weighted by Crippen LogP contribution is -2.24. The minimum atomic E-state index is -4.42. The van der Waals surface area contributed by atoms with Crippen LogP contribution in [0.1, 0.15) is 40.5 Å². The van der Waals surface area contributed by atoms with E-state index in [-0.39, 0.29) is 12.5 Å². The molecule has 2 aromatic carbocycles. The van der Waals surface area contributed by atoms with Gasteiger partial charge in [-0.1, -0.05) is 37.1 Å². The highest BCUT2D eigenvalue weighted by Gasteiger charge is 2.30. The van der Waals surface area contributed by atoms with E-state index in [1.807, 2.05) is 6.92 Å². The van der Waals surface area contributed by atoms with Crippen molar-refractivity contribution in [3.05, 3.63) is 82.1 Å². The maximum absolute atomic E-state index is 12.9. The zero-order chi connectivity index (χ0) is 21.0. The predicted octanol–water partition coefficient (Wildman–Crippen LogP) is 5.43. The number of hydrogen-bond donors (Lipinski definition) is 1. The fourth-order valence-electron chi connectivity index (χ4n) is 2.98. The molecule has 0 fully saturated rings. The molecule has 0 aliphatic rings. The van der Waals surface area contributed by atoms with Gasteiger partial charge in [-0.2, -0.15) is 18.3 Å². The van der Waals surface area contributed by atoms with Gasteiger partial charge in [0, 0.05) is 11.6 Å². The number of nitrogens with one attached hydrogen (secondary N) is 1. The molecule has 0 bridgehead atoms. The van der Waals surface area contributed by atoms with Crippen LogP contribution < -0.4 is 5.32 Å². The van der Waals surface area contributed by atoms with Crippen molar-refractivity contribution in [2.75, 3.05) is 0 Å². The second kappa shape index (κ2) is 8.69. The summed E-state index contributed by atoms with van der Waals surface area (Å²) in [5, 5.41) is 7.60. The van der Waals surface area contributed by atoms with Gasteiger partial charge < -0.3 is 5.32 Å². The van der Waals surface area contributed by atoms with Crippen molar-refractivity contribution in [2.45, 2.75) is 32.5 Å². The topological polar surface area (TPSA) is 46.9 Å². The summed E-state index contributed by atoms with van der Waals surface area (Å²) < 4.78 is 40.2. The quantitative estimate of drug-likeness (QED) is 0.577. The van der Waals surface area contributed by atoms with Crippen LogP contribution in [-0.4, -0.2) is 15.7 Å². The minimum absolute atomic E-state index is 0.0134. The Morgan fingerprint density at radius 2 is 1.90 bits per heavy atom. The molecule has 0 saturated heterocycles. The van der Waals surface area contributed by atoms with E-state index in [4.69, 9.17) is 11.6 Å². The number of alkyl halides is 3. The van der Waals surface area contributed by atoms with Crippen molar-refractivity contribution in [3.63, 3.8) is 0 Å². The van der Waals surface area contributed by atoms with E-state index in [0.29, 0.717) is 22.6 Å². The first-order valence-electron chi connectivity index (χ1n) is 9.06. The second-order valence-electron chi connectivity index (χ2n) is 6.52. The molecule has 1 N–H and O–H groups in total. The van der Waals surface area contributed by atoms with Crippen molar-refractivity contribution >= 4 is 17.5 Å². The van der Waals surface area contributed by atoms with E-state index < -0.39 is 11.7 Å². The largest absolute Gasteiger partial charge is 0.416 e. The van der Waals surface area contributed by atoms with E-state index in [9.17, 15) is 18.0 Å². The van der Waals surface area contributed by atoms with Gasteiger partial charge in [0.15, 0.2) is 0 Å². The summed E-state index contributed by atoms with van der Waals surface area (Å²) in [6.45, 7) is 1.98. The van der Waals surface area contributed by atoms with Crippen molar-refractivity contribution in [1.82, 2.24) is 15.1 Å². The van der Waals surface area contributed by atoms with E-state index in [1.54, 1.807) is 35.0 Å². The number of rotatable bonds is 6. The van der Waals surface area contributed by atoms with Gasteiger partial charge >= 0.3 is 6.18 Å². The molecule has 29 heavy (non-hydrogen) atoms. The lowest BCUT2D eigenvalue weighted by atomic mass is 10.1. The predicted molar refractivity (Wildman–Crippen MR) is 105 cm³/mol. The molecule has 1 aromatic heterocycles. The molecule has 4 nitrogen and oxygen atoms in total. The first kappa shape index (κ1) is 20.9. The molecule has 3 aromatic rings. The maximum atomic E-state index is 12.9. The molecule has 0 unspecified atom stereocenters. The Hall–Kier alpha value is -2.80. The summed E-state index contributed by atoms with van der Waals surface area (Å²) in [5.41, 5.74) is 1.53. The van der Waals surface area contributed by atoms with Gasteiger partial charge in [0.2, 0.25) is 0 Å². The molecular weight excluding hydrogens is 403 g/mol. The molecule has 0 aliphatic carbocycles. The highest BCUT2D eigenvalue weighted by atomic mass is 35.5. The fraction of sp³-hybridized carbons (Fsp3) is 0.238. The van der Waals surface area contributed by atoms with Crippen LogP contribution >= 0.6 is 11.6 Å². The van der Waals surface area contributed by atoms with Gasteiger partial charge in [-0.3, -0.25) is 4.79 Å². The van der Waals surface area contributed by atoms with Crippen molar-refractivity contribution in [1.29, 1.82) is 0 Å². The van der Waals surface area contributed by atoms with Crippen LogP contribution in [0, 0.1) is 0 Å². The van der Waals surface area contributed by atoms with Crippen LogP contribution in [0.25, 0.3) is 5.69 Å². The van der Waals surface area contributed by atoms with Gasteiger partial charge in [0.25, 0.3) is 5.91 Å². The van der Waals surface area contributed by atoms with Gasteiger partial charge in [0.05, 0.1) is 28.7 Å². The monoisotopic (exact) mass is 421 g/mol. The van der Waals surface area contributed by atoms with Crippen LogP contribution in [0.2, 0.25) is 5.02 Å². The average Bonchev–Trinajstić information content (AvgIpc) is 3.10. The van der Waals surface area contributed by atoms with Crippen LogP contribution in [0.5, 0.6) is 0 Å². The Kier molecular flexibility index (Phi) is 6.27. The van der Waals surface area contributed by atoms with E-state index in [2.05, 4.69) is 10.4 Å². The number of carbonyl (C=O) groups excluding carboxylic acids is 1. The van der Waals surface area contributed by atoms with Crippen LogP contribution in [-0.2, 0) is 19.1 Å². The van der Waals surface area contributed by atoms with E-state index in [0.717, 1.165) is 29.9 Å². The van der Waals surface area contributed by atoms with E-state index in [1.165, 1.54) is 12.3 Å². The molecule has 3 rings (SSSR count). The molecule has 1 amide bonds. The highest BCUT2D eigenvalue weighted by Crippen LogP contribution is 2.29. The first-order valence-corrected chi connectivity index (χ1v) is 9.44. The van der Waals surface area contributed by atoms with Crippen LogP contribution in [0.4, 0.5) is 13.2 Å². The third-order valence-corrected chi connectivity index (χ3v) is 4.63. The molecular formula is C21H19ClF3N3O. The number of amides is 1. The molecule has 0 radical (unpaired) electrons. The summed E-state index contributed by atoms with van der Waals surface area (Å²) in [5.74, 6) is -0.383. The number of hydrogen-bond acceptors (Lipinski definition) is 2. The Bertz CT molecular complexity index is 997. The van der Waals surface area contributed by atoms with Gasteiger partial charge in [-0.25, -0.2) is 4.68 Å². The summed E-state index contributed by atoms with van der Waals surface area (Å²) in [7, 11) is 0. The third-order valence-electron chi connectivity index (χ3n) is 4.38. The summed E-state index contributed by atoms with van der Waals surface area (Å²) >= 11 is 5.93. The van der Waals surface area contributed by atoms with Crippen LogP contribution in [0.3, 0.4) is 0 Å². The molecule has 0 spiro atoms. The Labute approximate surface area is 171 Å². The molecule has 8 heteroatoms. The molecule has 0 atom stereocenters. The number of halogens is 4.